The van der Waals surface area contributed by atoms with Crippen LogP contribution in [0.5, 0.6) is 5.75 Å². The minimum Gasteiger partial charge on any atom is -0.489 e. The molecule has 0 saturated carbocycles. The molecule has 0 fully saturated rings. The number of methoxy groups -OCH3 is 1. The minimum absolute atomic E-state index is 0.0250. The van der Waals surface area contributed by atoms with Crippen LogP contribution >= 0.6 is 0 Å². The Hall–Kier alpha value is -2.05. The van der Waals surface area contributed by atoms with Gasteiger partial charge in [-0.05, 0) is 13.8 Å². The third kappa shape index (κ3) is 3.22. The summed E-state index contributed by atoms with van der Waals surface area (Å²) in [6, 6.07) is 0. The number of carbonyl (C=O) groups excluding carboxylic acids is 1. The number of rotatable bonds is 6. The highest BCUT2D eigenvalue weighted by molar-refractivity contribution is 5.76. The van der Waals surface area contributed by atoms with Crippen molar-refractivity contribution in [2.75, 3.05) is 31.7 Å². The summed E-state index contributed by atoms with van der Waals surface area (Å²) >= 11 is 0. The highest BCUT2D eigenvalue weighted by Gasteiger charge is 2.18. The molecule has 1 rings (SSSR count). The van der Waals surface area contributed by atoms with Crippen LogP contribution in [0.3, 0.4) is 0 Å². The average molecular weight is 255 g/mol. The summed E-state index contributed by atoms with van der Waals surface area (Å²) < 4.78 is 9.86. The lowest BCUT2D eigenvalue weighted by Gasteiger charge is -2.21. The van der Waals surface area contributed by atoms with Crippen LogP contribution in [0.1, 0.15) is 13.8 Å². The maximum Gasteiger partial charge on any atom is 0.325 e. The zero-order chi connectivity index (χ0) is 13.5. The van der Waals surface area contributed by atoms with Crippen molar-refractivity contribution in [1.82, 2.24) is 9.97 Å². The highest BCUT2D eigenvalue weighted by atomic mass is 16.5. The number of likely N-dealkylation sites (N-methyl/N-ethyl adjacent to an activating group) is 1. The first-order valence-corrected chi connectivity index (χ1v) is 5.66. The Labute approximate surface area is 105 Å². The number of nitrogens with one attached hydrogen (secondary N) is 1. The van der Waals surface area contributed by atoms with Crippen LogP contribution in [-0.2, 0) is 9.53 Å². The number of carbonyl (C=O) groups is 1. The summed E-state index contributed by atoms with van der Waals surface area (Å²) in [5, 5.41) is 0. The van der Waals surface area contributed by atoms with E-state index in [9.17, 15) is 9.59 Å². The first-order chi connectivity index (χ1) is 8.63. The van der Waals surface area contributed by atoms with Crippen LogP contribution in [-0.4, -0.2) is 42.7 Å². The van der Waals surface area contributed by atoms with E-state index in [1.807, 2.05) is 6.92 Å². The van der Waals surface area contributed by atoms with Gasteiger partial charge in [0.05, 0.1) is 20.0 Å². The zero-order valence-electron chi connectivity index (χ0n) is 10.7. The number of nitrogens with zero attached hydrogens (tertiary/aromatic N) is 2. The Morgan fingerprint density at radius 3 is 2.78 bits per heavy atom. The lowest BCUT2D eigenvalue weighted by atomic mass is 10.4. The summed E-state index contributed by atoms with van der Waals surface area (Å²) in [4.78, 5) is 31.1. The third-order valence-electron chi connectivity index (χ3n) is 2.30. The molecule has 100 valence electrons. The fourth-order valence-electron chi connectivity index (χ4n) is 1.49. The van der Waals surface area contributed by atoms with Gasteiger partial charge in [-0.2, -0.15) is 0 Å². The average Bonchev–Trinajstić information content (AvgIpc) is 2.36. The molecule has 0 unspecified atom stereocenters. The number of aromatic amines is 1. The predicted molar refractivity (Wildman–Crippen MR) is 65.9 cm³/mol. The van der Waals surface area contributed by atoms with Gasteiger partial charge in [-0.25, -0.2) is 4.98 Å². The zero-order valence-corrected chi connectivity index (χ0v) is 10.7. The molecule has 0 bridgehead atoms. The standard InChI is InChI=1S/C11H17N3O4/c1-4-14(6-8(15)18-5-2)10-9(17-3)11(16)13-7-12-10/h7H,4-6H2,1-3H3,(H,12,13,16). The Balaban J connectivity index is 2.98. The summed E-state index contributed by atoms with van der Waals surface area (Å²) in [5.41, 5.74) is -0.384. The maximum atomic E-state index is 11.5. The van der Waals surface area contributed by atoms with E-state index >= 15 is 0 Å². The number of hydrogen-bond donors (Lipinski definition) is 1. The van der Waals surface area contributed by atoms with Gasteiger partial charge in [0, 0.05) is 6.54 Å². The van der Waals surface area contributed by atoms with Crippen LogP contribution in [0.25, 0.3) is 0 Å². The molecular weight excluding hydrogens is 238 g/mol. The van der Waals surface area contributed by atoms with Crippen LogP contribution in [0.2, 0.25) is 0 Å². The summed E-state index contributed by atoms with van der Waals surface area (Å²) in [5.74, 6) is 0.0453. The molecule has 0 spiro atoms. The van der Waals surface area contributed by atoms with E-state index < -0.39 is 0 Å². The highest BCUT2D eigenvalue weighted by Crippen LogP contribution is 2.19. The quantitative estimate of drug-likeness (QED) is 0.729. The van der Waals surface area contributed by atoms with E-state index in [0.717, 1.165) is 0 Å². The molecular formula is C11H17N3O4. The maximum absolute atomic E-state index is 11.5. The van der Waals surface area contributed by atoms with Gasteiger partial charge in [0.25, 0.3) is 5.56 Å². The van der Waals surface area contributed by atoms with Crippen molar-refractivity contribution in [2.24, 2.45) is 0 Å². The fourth-order valence-corrected chi connectivity index (χ4v) is 1.49. The molecule has 0 atom stereocenters. The minimum atomic E-state index is -0.384. The van der Waals surface area contributed by atoms with Gasteiger partial charge in [-0.15, -0.1) is 0 Å². The molecule has 0 aliphatic heterocycles. The number of hydrogen-bond acceptors (Lipinski definition) is 6. The van der Waals surface area contributed by atoms with Crippen molar-refractivity contribution in [1.29, 1.82) is 0 Å². The first-order valence-electron chi connectivity index (χ1n) is 5.66. The summed E-state index contributed by atoms with van der Waals surface area (Å²) in [6.07, 6.45) is 1.27. The predicted octanol–water partition coefficient (Wildman–Crippen LogP) is 0.168. The molecule has 1 aromatic heterocycles. The molecule has 0 aliphatic carbocycles. The third-order valence-corrected chi connectivity index (χ3v) is 2.30. The van der Waals surface area contributed by atoms with E-state index in [0.29, 0.717) is 19.0 Å². The van der Waals surface area contributed by atoms with E-state index in [-0.39, 0.29) is 23.8 Å². The molecule has 0 amide bonds. The Bertz CT molecular complexity index is 458. The molecule has 7 heteroatoms. The van der Waals surface area contributed by atoms with Crippen molar-refractivity contribution in [3.63, 3.8) is 0 Å². The Morgan fingerprint density at radius 2 is 2.22 bits per heavy atom. The molecule has 7 nitrogen and oxygen atoms in total. The Morgan fingerprint density at radius 1 is 1.50 bits per heavy atom. The van der Waals surface area contributed by atoms with Gasteiger partial charge >= 0.3 is 5.97 Å². The van der Waals surface area contributed by atoms with E-state index in [1.165, 1.54) is 13.4 Å². The largest absolute Gasteiger partial charge is 0.489 e. The number of H-pyrrole nitrogens is 1. The second kappa shape index (κ2) is 6.63. The van der Waals surface area contributed by atoms with Crippen LogP contribution in [0, 0.1) is 0 Å². The van der Waals surface area contributed by atoms with Crippen LogP contribution < -0.4 is 15.2 Å². The number of esters is 1. The molecule has 0 radical (unpaired) electrons. The normalized spacial score (nSPS) is 9.94. The second-order valence-corrected chi connectivity index (χ2v) is 3.41. The second-order valence-electron chi connectivity index (χ2n) is 3.41. The monoisotopic (exact) mass is 255 g/mol. The fraction of sp³-hybridized carbons (Fsp3) is 0.545. The Kier molecular flexibility index (Phi) is 5.16. The molecule has 18 heavy (non-hydrogen) atoms. The van der Waals surface area contributed by atoms with Crippen molar-refractivity contribution in [3.8, 4) is 5.75 Å². The van der Waals surface area contributed by atoms with Crippen molar-refractivity contribution >= 4 is 11.8 Å². The van der Waals surface area contributed by atoms with Crippen LogP contribution in [0.15, 0.2) is 11.1 Å². The molecule has 1 heterocycles. The van der Waals surface area contributed by atoms with E-state index in [1.54, 1.807) is 11.8 Å². The smallest absolute Gasteiger partial charge is 0.325 e. The van der Waals surface area contributed by atoms with E-state index in [2.05, 4.69) is 9.97 Å². The van der Waals surface area contributed by atoms with Crippen molar-refractivity contribution < 1.29 is 14.3 Å². The number of ether oxygens (including phenoxy) is 2. The summed E-state index contributed by atoms with van der Waals surface area (Å²) in [6.45, 7) is 4.43. The van der Waals surface area contributed by atoms with Crippen molar-refractivity contribution in [2.45, 2.75) is 13.8 Å². The lowest BCUT2D eigenvalue weighted by Crippen LogP contribution is -2.33. The van der Waals surface area contributed by atoms with Crippen LogP contribution in [0.4, 0.5) is 5.82 Å². The molecule has 0 saturated heterocycles. The van der Waals surface area contributed by atoms with Gasteiger partial charge in [0.2, 0.25) is 5.75 Å². The van der Waals surface area contributed by atoms with E-state index in [4.69, 9.17) is 9.47 Å². The van der Waals surface area contributed by atoms with Gasteiger partial charge in [-0.3, -0.25) is 9.59 Å². The van der Waals surface area contributed by atoms with Crippen molar-refractivity contribution in [3.05, 3.63) is 16.7 Å². The molecule has 0 aliphatic rings. The van der Waals surface area contributed by atoms with Gasteiger partial charge in [0.1, 0.15) is 6.54 Å². The topological polar surface area (TPSA) is 84.5 Å². The lowest BCUT2D eigenvalue weighted by molar-refractivity contribution is -0.141. The first kappa shape index (κ1) is 14.0. The SMILES string of the molecule is CCOC(=O)CN(CC)c1nc[nH]c(=O)c1OC. The van der Waals surface area contributed by atoms with Gasteiger partial charge in [0.15, 0.2) is 5.82 Å². The molecule has 1 N–H and O–H groups in total. The molecule has 0 aromatic carbocycles. The molecule has 1 aromatic rings. The summed E-state index contributed by atoms with van der Waals surface area (Å²) in [7, 11) is 1.38. The van der Waals surface area contributed by atoms with Gasteiger partial charge in [-0.1, -0.05) is 0 Å². The van der Waals surface area contributed by atoms with Gasteiger partial charge < -0.3 is 19.4 Å². The number of aromatic nitrogens is 2. The number of anilines is 1.